The van der Waals surface area contributed by atoms with E-state index in [1.807, 2.05) is 30.0 Å². The fraction of sp³-hybridized carbons (Fsp3) is 0.600. The van der Waals surface area contributed by atoms with Crippen LogP contribution in [0, 0.1) is 0 Å². The molecule has 0 heterocycles. The molecule has 1 saturated carbocycles. The van der Waals surface area contributed by atoms with Gasteiger partial charge in [-0.2, -0.15) is 11.8 Å². The van der Waals surface area contributed by atoms with Gasteiger partial charge < -0.3 is 15.2 Å². The quantitative estimate of drug-likeness (QED) is 0.679. The molecule has 2 rings (SSSR count). The van der Waals surface area contributed by atoms with Crippen LogP contribution in [0.25, 0.3) is 0 Å². The lowest BCUT2D eigenvalue weighted by Gasteiger charge is -2.34. The van der Waals surface area contributed by atoms with E-state index in [0.717, 1.165) is 18.1 Å². The van der Waals surface area contributed by atoms with E-state index in [1.165, 1.54) is 18.4 Å². The highest BCUT2D eigenvalue weighted by Crippen LogP contribution is 2.31. The van der Waals surface area contributed by atoms with Gasteiger partial charge in [-0.1, -0.05) is 30.3 Å². The molecule has 4 heteroatoms. The molecule has 1 fully saturated rings. The normalized spacial score (nSPS) is 18.2. The molecule has 1 aromatic rings. The van der Waals surface area contributed by atoms with Crippen LogP contribution in [0.2, 0.25) is 0 Å². The molecule has 0 bridgehead atoms. The second-order valence-electron chi connectivity index (χ2n) is 5.07. The standard InChI is InChI=1S/C15H23NO2S/c1-18-9-10-19-12-15(11-17,16-14-7-8-14)13-5-3-2-4-6-13/h2-6,14,16-17H,7-12H2,1H3. The van der Waals surface area contributed by atoms with Gasteiger partial charge in [0.15, 0.2) is 0 Å². The van der Waals surface area contributed by atoms with Crippen molar-refractivity contribution >= 4 is 11.8 Å². The maximum absolute atomic E-state index is 9.96. The Bertz CT molecular complexity index is 370. The third-order valence-corrected chi connectivity index (χ3v) is 4.59. The molecule has 19 heavy (non-hydrogen) atoms. The Morgan fingerprint density at radius 1 is 1.37 bits per heavy atom. The summed E-state index contributed by atoms with van der Waals surface area (Å²) in [6, 6.07) is 10.9. The Balaban J connectivity index is 2.06. The number of aliphatic hydroxyl groups is 1. The number of nitrogens with one attached hydrogen (secondary N) is 1. The van der Waals surface area contributed by atoms with E-state index in [4.69, 9.17) is 4.74 Å². The van der Waals surface area contributed by atoms with Crippen molar-refractivity contribution in [1.29, 1.82) is 0 Å². The molecule has 1 unspecified atom stereocenters. The lowest BCUT2D eigenvalue weighted by molar-refractivity contribution is 0.176. The van der Waals surface area contributed by atoms with Gasteiger partial charge in [0, 0.05) is 24.7 Å². The average molecular weight is 281 g/mol. The van der Waals surface area contributed by atoms with Crippen molar-refractivity contribution in [1.82, 2.24) is 5.32 Å². The van der Waals surface area contributed by atoms with E-state index in [0.29, 0.717) is 6.04 Å². The van der Waals surface area contributed by atoms with Crippen molar-refractivity contribution < 1.29 is 9.84 Å². The molecule has 0 amide bonds. The first-order valence-corrected chi connectivity index (χ1v) is 7.97. The summed E-state index contributed by atoms with van der Waals surface area (Å²) in [5.74, 6) is 1.82. The Kier molecular flexibility index (Phi) is 5.70. The van der Waals surface area contributed by atoms with E-state index in [2.05, 4.69) is 17.4 Å². The number of methoxy groups -OCH3 is 1. The summed E-state index contributed by atoms with van der Waals surface area (Å²) in [5.41, 5.74) is 0.857. The SMILES string of the molecule is COCCSCC(CO)(NC1CC1)c1ccccc1. The van der Waals surface area contributed by atoms with Crippen LogP contribution in [0.3, 0.4) is 0 Å². The lowest BCUT2D eigenvalue weighted by Crippen LogP contribution is -2.49. The van der Waals surface area contributed by atoms with Crippen LogP contribution in [0.4, 0.5) is 0 Å². The van der Waals surface area contributed by atoms with E-state index in [-0.39, 0.29) is 12.1 Å². The topological polar surface area (TPSA) is 41.5 Å². The Hall–Kier alpha value is -0.550. The molecule has 0 aliphatic heterocycles. The molecular formula is C15H23NO2S. The van der Waals surface area contributed by atoms with Gasteiger partial charge in [0.05, 0.1) is 18.8 Å². The van der Waals surface area contributed by atoms with Crippen molar-refractivity contribution in [2.75, 3.05) is 31.8 Å². The second-order valence-corrected chi connectivity index (χ2v) is 6.18. The van der Waals surface area contributed by atoms with E-state index in [9.17, 15) is 5.11 Å². The molecular weight excluding hydrogens is 258 g/mol. The predicted molar refractivity (Wildman–Crippen MR) is 80.6 cm³/mol. The smallest absolute Gasteiger partial charge is 0.0762 e. The van der Waals surface area contributed by atoms with Crippen LogP contribution >= 0.6 is 11.8 Å². The second kappa shape index (κ2) is 7.29. The minimum atomic E-state index is -0.319. The van der Waals surface area contributed by atoms with Crippen molar-refractivity contribution in [3.05, 3.63) is 35.9 Å². The lowest BCUT2D eigenvalue weighted by atomic mass is 9.92. The molecule has 1 atom stereocenters. The zero-order chi connectivity index (χ0) is 13.6. The number of benzene rings is 1. The van der Waals surface area contributed by atoms with E-state index >= 15 is 0 Å². The van der Waals surface area contributed by atoms with Gasteiger partial charge in [-0.05, 0) is 18.4 Å². The average Bonchev–Trinajstić information content (AvgIpc) is 3.27. The molecule has 0 radical (unpaired) electrons. The number of thioether (sulfide) groups is 1. The van der Waals surface area contributed by atoms with Gasteiger partial charge in [0.25, 0.3) is 0 Å². The molecule has 1 aliphatic carbocycles. The third kappa shape index (κ3) is 4.21. The van der Waals surface area contributed by atoms with Gasteiger partial charge in [-0.25, -0.2) is 0 Å². The molecule has 3 nitrogen and oxygen atoms in total. The molecule has 0 spiro atoms. The molecule has 106 valence electrons. The van der Waals surface area contributed by atoms with Crippen molar-refractivity contribution in [3.8, 4) is 0 Å². The largest absolute Gasteiger partial charge is 0.394 e. The van der Waals surface area contributed by atoms with Gasteiger partial charge >= 0.3 is 0 Å². The zero-order valence-corrected chi connectivity index (χ0v) is 12.3. The Morgan fingerprint density at radius 3 is 2.68 bits per heavy atom. The molecule has 0 saturated heterocycles. The molecule has 1 aromatic carbocycles. The number of ether oxygens (including phenoxy) is 1. The van der Waals surface area contributed by atoms with Crippen LogP contribution < -0.4 is 5.32 Å². The van der Waals surface area contributed by atoms with Crippen LogP contribution in [0.5, 0.6) is 0 Å². The highest BCUT2D eigenvalue weighted by molar-refractivity contribution is 7.99. The maximum atomic E-state index is 9.96. The number of hydrogen-bond donors (Lipinski definition) is 2. The molecule has 0 aromatic heterocycles. The summed E-state index contributed by atoms with van der Waals surface area (Å²) in [6.45, 7) is 0.887. The van der Waals surface area contributed by atoms with Crippen LogP contribution in [0.15, 0.2) is 30.3 Å². The maximum Gasteiger partial charge on any atom is 0.0762 e. The predicted octanol–water partition coefficient (Wildman–Crippen LogP) is 2.01. The van der Waals surface area contributed by atoms with Gasteiger partial charge in [-0.15, -0.1) is 0 Å². The fourth-order valence-corrected chi connectivity index (χ4v) is 3.27. The zero-order valence-electron chi connectivity index (χ0n) is 11.5. The summed E-state index contributed by atoms with van der Waals surface area (Å²) < 4.78 is 5.09. The minimum Gasteiger partial charge on any atom is -0.394 e. The van der Waals surface area contributed by atoms with E-state index < -0.39 is 0 Å². The van der Waals surface area contributed by atoms with Crippen molar-refractivity contribution in [2.45, 2.75) is 24.4 Å². The summed E-state index contributed by atoms with van der Waals surface area (Å²) >= 11 is 1.83. The first kappa shape index (κ1) is 14.9. The highest BCUT2D eigenvalue weighted by atomic mass is 32.2. The van der Waals surface area contributed by atoms with Crippen LogP contribution in [-0.2, 0) is 10.3 Å². The summed E-state index contributed by atoms with van der Waals surface area (Å²) in [6.07, 6.45) is 2.44. The summed E-state index contributed by atoms with van der Waals surface area (Å²) in [5, 5.41) is 13.6. The minimum absolute atomic E-state index is 0.132. The fourth-order valence-electron chi connectivity index (χ4n) is 2.16. The van der Waals surface area contributed by atoms with E-state index in [1.54, 1.807) is 7.11 Å². The number of aliphatic hydroxyl groups excluding tert-OH is 1. The summed E-state index contributed by atoms with van der Waals surface area (Å²) in [4.78, 5) is 0. The third-order valence-electron chi connectivity index (χ3n) is 3.43. The number of rotatable bonds is 9. The van der Waals surface area contributed by atoms with Crippen molar-refractivity contribution in [3.63, 3.8) is 0 Å². The molecule has 2 N–H and O–H groups in total. The van der Waals surface area contributed by atoms with Crippen LogP contribution in [-0.4, -0.2) is 43.0 Å². The first-order chi connectivity index (χ1) is 9.30. The van der Waals surface area contributed by atoms with Crippen LogP contribution in [0.1, 0.15) is 18.4 Å². The van der Waals surface area contributed by atoms with Crippen molar-refractivity contribution in [2.24, 2.45) is 0 Å². The van der Waals surface area contributed by atoms with Gasteiger partial charge in [0.2, 0.25) is 0 Å². The molecule has 1 aliphatic rings. The first-order valence-electron chi connectivity index (χ1n) is 6.81. The van der Waals surface area contributed by atoms with Gasteiger partial charge in [0.1, 0.15) is 0 Å². The monoisotopic (exact) mass is 281 g/mol. The Labute approximate surface area is 119 Å². The Morgan fingerprint density at radius 2 is 2.11 bits per heavy atom. The summed E-state index contributed by atoms with van der Waals surface area (Å²) in [7, 11) is 1.72. The highest BCUT2D eigenvalue weighted by Gasteiger charge is 2.37. The number of hydrogen-bond acceptors (Lipinski definition) is 4. The van der Waals surface area contributed by atoms with Gasteiger partial charge in [-0.3, -0.25) is 0 Å².